The van der Waals surface area contributed by atoms with Crippen LogP contribution in [-0.2, 0) is 9.53 Å². The summed E-state index contributed by atoms with van der Waals surface area (Å²) in [5, 5.41) is 9.59. The fourth-order valence-electron chi connectivity index (χ4n) is 3.18. The molecule has 0 radical (unpaired) electrons. The van der Waals surface area contributed by atoms with Crippen molar-refractivity contribution in [3.63, 3.8) is 0 Å². The Morgan fingerprint density at radius 3 is 1.94 bits per heavy atom. The van der Waals surface area contributed by atoms with Crippen LogP contribution >= 0.6 is 0 Å². The maximum absolute atomic E-state index is 11.5. The standard InChI is InChI=1S/C19H27NO4.C8H10O/c1-5-24-19(22)8-6-7-17(18(13-21)20-3)14(2)15-9-11-16(23-4)12-10-15;1-7-3-5-8(9-2)6-4-7/h9-12,21H,5-8,13H2,1-4H3;3-6H,1-2H3/b17-14+,20-18?;. The number of aliphatic imine (C=N–C) groups is 1. The van der Waals surface area contributed by atoms with E-state index in [-0.39, 0.29) is 12.6 Å². The number of aliphatic hydroxyl groups excluding tert-OH is 1. The van der Waals surface area contributed by atoms with Crippen molar-refractivity contribution in [2.24, 2.45) is 4.99 Å². The number of methoxy groups -OCH3 is 2. The number of carbonyl (C=O) groups excluding carboxylic acids is 1. The molecule has 2 aromatic carbocycles. The Morgan fingerprint density at radius 1 is 0.939 bits per heavy atom. The lowest BCUT2D eigenvalue weighted by Crippen LogP contribution is -2.11. The van der Waals surface area contributed by atoms with E-state index >= 15 is 0 Å². The minimum atomic E-state index is -0.196. The summed E-state index contributed by atoms with van der Waals surface area (Å²) in [5.74, 6) is 1.51. The van der Waals surface area contributed by atoms with Crippen LogP contribution in [0.15, 0.2) is 59.1 Å². The Hall–Kier alpha value is -3.12. The number of ether oxygens (including phenoxy) is 3. The molecule has 0 aliphatic heterocycles. The van der Waals surface area contributed by atoms with Crippen molar-refractivity contribution in [2.75, 3.05) is 34.5 Å². The first kappa shape index (κ1) is 27.9. The van der Waals surface area contributed by atoms with Gasteiger partial charge in [0.05, 0.1) is 33.1 Å². The third-order valence-electron chi connectivity index (χ3n) is 5.11. The molecule has 0 aliphatic carbocycles. The van der Waals surface area contributed by atoms with Gasteiger partial charge in [-0.2, -0.15) is 0 Å². The van der Waals surface area contributed by atoms with Crippen molar-refractivity contribution < 1.29 is 24.1 Å². The summed E-state index contributed by atoms with van der Waals surface area (Å²) in [6.07, 6.45) is 1.67. The van der Waals surface area contributed by atoms with Gasteiger partial charge in [-0.1, -0.05) is 29.8 Å². The first-order chi connectivity index (χ1) is 15.9. The van der Waals surface area contributed by atoms with Gasteiger partial charge in [0.25, 0.3) is 0 Å². The van der Waals surface area contributed by atoms with E-state index in [0.29, 0.717) is 31.6 Å². The Balaban J connectivity index is 0.000000502. The highest BCUT2D eigenvalue weighted by atomic mass is 16.5. The molecule has 0 amide bonds. The fourth-order valence-corrected chi connectivity index (χ4v) is 3.18. The van der Waals surface area contributed by atoms with Gasteiger partial charge in [0, 0.05) is 13.5 Å². The third-order valence-corrected chi connectivity index (χ3v) is 5.11. The zero-order chi connectivity index (χ0) is 24.6. The summed E-state index contributed by atoms with van der Waals surface area (Å²) in [6, 6.07) is 15.7. The molecule has 0 spiro atoms. The highest BCUT2D eigenvalue weighted by Gasteiger charge is 2.13. The molecule has 0 fully saturated rings. The smallest absolute Gasteiger partial charge is 0.305 e. The van der Waals surface area contributed by atoms with E-state index in [1.165, 1.54) is 5.56 Å². The lowest BCUT2D eigenvalue weighted by atomic mass is 9.94. The van der Waals surface area contributed by atoms with E-state index in [1.54, 1.807) is 28.2 Å². The zero-order valence-corrected chi connectivity index (χ0v) is 20.7. The van der Waals surface area contributed by atoms with Crippen LogP contribution in [0.5, 0.6) is 11.5 Å². The number of hydrogen-bond acceptors (Lipinski definition) is 6. The largest absolute Gasteiger partial charge is 0.497 e. The van der Waals surface area contributed by atoms with Crippen molar-refractivity contribution in [3.05, 3.63) is 65.2 Å². The Morgan fingerprint density at radius 2 is 1.48 bits per heavy atom. The molecule has 0 bridgehead atoms. The van der Waals surface area contributed by atoms with E-state index in [9.17, 15) is 9.90 Å². The molecule has 33 heavy (non-hydrogen) atoms. The quantitative estimate of drug-likeness (QED) is 0.390. The first-order valence-electron chi connectivity index (χ1n) is 11.1. The van der Waals surface area contributed by atoms with Crippen molar-refractivity contribution in [1.29, 1.82) is 0 Å². The molecular weight excluding hydrogens is 418 g/mol. The molecule has 1 N–H and O–H groups in total. The number of aryl methyl sites for hydroxylation is 1. The van der Waals surface area contributed by atoms with Gasteiger partial charge < -0.3 is 19.3 Å². The van der Waals surface area contributed by atoms with Crippen LogP contribution in [-0.4, -0.2) is 51.3 Å². The molecule has 0 unspecified atom stereocenters. The highest BCUT2D eigenvalue weighted by molar-refractivity contribution is 6.06. The van der Waals surface area contributed by atoms with Gasteiger partial charge in [-0.15, -0.1) is 0 Å². The minimum Gasteiger partial charge on any atom is -0.497 e. The Bertz CT molecular complexity index is 899. The van der Waals surface area contributed by atoms with E-state index in [2.05, 4.69) is 11.9 Å². The SMILES string of the molecule is CCOC(=O)CCC/C(C(CO)=NC)=C(/C)c1ccc(OC)cc1.COc1ccc(C)cc1. The molecule has 0 saturated carbocycles. The van der Waals surface area contributed by atoms with Gasteiger partial charge >= 0.3 is 5.97 Å². The molecule has 6 heteroatoms. The monoisotopic (exact) mass is 455 g/mol. The second kappa shape index (κ2) is 15.6. The molecule has 6 nitrogen and oxygen atoms in total. The van der Waals surface area contributed by atoms with Crippen molar-refractivity contribution in [2.45, 2.75) is 40.0 Å². The number of benzene rings is 2. The second-order valence-corrected chi connectivity index (χ2v) is 7.34. The molecular formula is C27H37NO5. The molecule has 2 rings (SSSR count). The predicted molar refractivity (Wildman–Crippen MR) is 134 cm³/mol. The molecule has 180 valence electrons. The van der Waals surface area contributed by atoms with E-state index in [1.807, 2.05) is 55.5 Å². The first-order valence-corrected chi connectivity index (χ1v) is 11.1. The van der Waals surface area contributed by atoms with Crippen LogP contribution in [0, 0.1) is 6.92 Å². The van der Waals surface area contributed by atoms with Crippen molar-refractivity contribution in [1.82, 2.24) is 0 Å². The number of aliphatic hydroxyl groups is 1. The van der Waals surface area contributed by atoms with Crippen LogP contribution in [0.2, 0.25) is 0 Å². The molecule has 0 aromatic heterocycles. The van der Waals surface area contributed by atoms with Crippen molar-refractivity contribution >= 4 is 17.3 Å². The number of carbonyl (C=O) groups is 1. The van der Waals surface area contributed by atoms with Crippen molar-refractivity contribution in [3.8, 4) is 11.5 Å². The predicted octanol–water partition coefficient (Wildman–Crippen LogP) is 5.27. The zero-order valence-electron chi connectivity index (χ0n) is 20.7. The molecule has 2 aromatic rings. The lowest BCUT2D eigenvalue weighted by molar-refractivity contribution is -0.143. The van der Waals surface area contributed by atoms with Crippen LogP contribution in [0.1, 0.15) is 44.2 Å². The maximum Gasteiger partial charge on any atom is 0.305 e. The normalized spacial score (nSPS) is 11.7. The van der Waals surface area contributed by atoms with E-state index < -0.39 is 0 Å². The highest BCUT2D eigenvalue weighted by Crippen LogP contribution is 2.25. The summed E-state index contributed by atoms with van der Waals surface area (Å²) in [5.41, 5.74) is 4.95. The molecule has 0 atom stereocenters. The van der Waals surface area contributed by atoms with Gasteiger partial charge in [0.2, 0.25) is 0 Å². The third kappa shape index (κ3) is 9.91. The number of esters is 1. The van der Waals surface area contributed by atoms with Crippen LogP contribution in [0.4, 0.5) is 0 Å². The van der Waals surface area contributed by atoms with Gasteiger partial charge in [0.1, 0.15) is 11.5 Å². The number of rotatable bonds is 10. The van der Waals surface area contributed by atoms with E-state index in [4.69, 9.17) is 14.2 Å². The maximum atomic E-state index is 11.5. The van der Waals surface area contributed by atoms with Gasteiger partial charge in [-0.25, -0.2) is 0 Å². The number of allylic oxidation sites excluding steroid dienone is 1. The van der Waals surface area contributed by atoms with Crippen LogP contribution in [0.3, 0.4) is 0 Å². The molecule has 0 saturated heterocycles. The molecule has 0 heterocycles. The summed E-state index contributed by atoms with van der Waals surface area (Å²) in [7, 11) is 4.97. The average molecular weight is 456 g/mol. The van der Waals surface area contributed by atoms with Crippen LogP contribution < -0.4 is 9.47 Å². The molecule has 0 aliphatic rings. The van der Waals surface area contributed by atoms with Crippen LogP contribution in [0.25, 0.3) is 5.57 Å². The summed E-state index contributed by atoms with van der Waals surface area (Å²) < 4.78 is 15.1. The number of nitrogens with zero attached hydrogens (tertiary/aromatic N) is 1. The van der Waals surface area contributed by atoms with E-state index in [0.717, 1.165) is 28.2 Å². The average Bonchev–Trinajstić information content (AvgIpc) is 2.84. The Labute approximate surface area is 197 Å². The lowest BCUT2D eigenvalue weighted by Gasteiger charge is -2.14. The number of hydrogen-bond donors (Lipinski definition) is 1. The minimum absolute atomic E-state index is 0.126. The summed E-state index contributed by atoms with van der Waals surface area (Å²) in [4.78, 5) is 15.7. The van der Waals surface area contributed by atoms with Gasteiger partial charge in [-0.05, 0) is 74.6 Å². The van der Waals surface area contributed by atoms with Gasteiger partial charge in [0.15, 0.2) is 0 Å². The second-order valence-electron chi connectivity index (χ2n) is 7.34. The fraction of sp³-hybridized carbons (Fsp3) is 0.407. The Kier molecular flexibility index (Phi) is 13.2. The topological polar surface area (TPSA) is 77.4 Å². The van der Waals surface area contributed by atoms with Gasteiger partial charge in [-0.3, -0.25) is 9.79 Å². The summed E-state index contributed by atoms with van der Waals surface area (Å²) in [6.45, 7) is 6.12. The summed E-state index contributed by atoms with van der Waals surface area (Å²) >= 11 is 0.